The maximum atomic E-state index is 12.4. The highest BCUT2D eigenvalue weighted by molar-refractivity contribution is 5.94. The standard InChI is InChI=1S/C23H31N3O2/c1-26(2)22(21-9-4-5-14-24-21)18-12-10-17(11-13-18)16-25-23(27)19-7-6-8-20(15-19)28-3/h4-9,14-15,17-18,22H,10-13,16H2,1-3H3,(H,25,27)/t17?,18?,22-/m1/s1. The first kappa shape index (κ1) is 20.3. The van der Waals surface area contributed by atoms with Crippen LogP contribution in [0.25, 0.3) is 0 Å². The Bertz CT molecular complexity index is 755. The van der Waals surface area contributed by atoms with E-state index in [1.165, 1.54) is 12.8 Å². The van der Waals surface area contributed by atoms with Gasteiger partial charge in [-0.2, -0.15) is 0 Å². The van der Waals surface area contributed by atoms with E-state index in [-0.39, 0.29) is 5.91 Å². The molecule has 28 heavy (non-hydrogen) atoms. The van der Waals surface area contributed by atoms with Crippen LogP contribution in [0.5, 0.6) is 5.75 Å². The Morgan fingerprint density at radius 2 is 1.96 bits per heavy atom. The fraction of sp³-hybridized carbons (Fsp3) is 0.478. The number of hydrogen-bond donors (Lipinski definition) is 1. The molecule has 1 atom stereocenters. The Balaban J connectivity index is 1.51. The highest BCUT2D eigenvalue weighted by Crippen LogP contribution is 2.38. The largest absolute Gasteiger partial charge is 0.497 e. The minimum absolute atomic E-state index is 0.0272. The zero-order valence-corrected chi connectivity index (χ0v) is 17.1. The number of carbonyl (C=O) groups is 1. The number of nitrogens with zero attached hydrogens (tertiary/aromatic N) is 2. The molecule has 1 heterocycles. The number of carbonyl (C=O) groups excluding carboxylic acids is 1. The van der Waals surface area contributed by atoms with Crippen molar-refractivity contribution in [3.05, 3.63) is 59.9 Å². The lowest BCUT2D eigenvalue weighted by molar-refractivity contribution is 0.0933. The lowest BCUT2D eigenvalue weighted by Gasteiger charge is -2.37. The van der Waals surface area contributed by atoms with Crippen LogP contribution >= 0.6 is 0 Å². The van der Waals surface area contributed by atoms with Gasteiger partial charge in [0.25, 0.3) is 5.91 Å². The Kier molecular flexibility index (Phi) is 7.04. The molecular formula is C23H31N3O2. The number of methoxy groups -OCH3 is 1. The van der Waals surface area contributed by atoms with Crippen molar-refractivity contribution in [2.45, 2.75) is 31.7 Å². The topological polar surface area (TPSA) is 54.5 Å². The highest BCUT2D eigenvalue weighted by atomic mass is 16.5. The highest BCUT2D eigenvalue weighted by Gasteiger charge is 2.30. The fourth-order valence-electron chi connectivity index (χ4n) is 4.29. The summed E-state index contributed by atoms with van der Waals surface area (Å²) in [5.74, 6) is 1.82. The van der Waals surface area contributed by atoms with Gasteiger partial charge >= 0.3 is 0 Å². The molecule has 0 bridgehead atoms. The van der Waals surface area contributed by atoms with Crippen LogP contribution < -0.4 is 10.1 Å². The van der Waals surface area contributed by atoms with E-state index in [0.717, 1.165) is 25.1 Å². The number of nitrogens with one attached hydrogen (secondary N) is 1. The molecule has 1 N–H and O–H groups in total. The third kappa shape index (κ3) is 5.10. The minimum atomic E-state index is -0.0272. The Hall–Kier alpha value is -2.40. The van der Waals surface area contributed by atoms with Gasteiger partial charge in [-0.15, -0.1) is 0 Å². The van der Waals surface area contributed by atoms with Crippen LogP contribution in [0.4, 0.5) is 0 Å². The number of benzene rings is 1. The number of ether oxygens (including phenoxy) is 1. The molecule has 0 unspecified atom stereocenters. The van der Waals surface area contributed by atoms with Gasteiger partial charge in [0, 0.05) is 18.3 Å². The summed E-state index contributed by atoms with van der Waals surface area (Å²) in [5.41, 5.74) is 1.80. The van der Waals surface area contributed by atoms with E-state index >= 15 is 0 Å². The number of pyridine rings is 1. The summed E-state index contributed by atoms with van der Waals surface area (Å²) in [6.07, 6.45) is 6.49. The van der Waals surface area contributed by atoms with Crippen LogP contribution in [-0.2, 0) is 0 Å². The van der Waals surface area contributed by atoms with Crippen LogP contribution in [0.3, 0.4) is 0 Å². The van der Waals surface area contributed by atoms with Crippen LogP contribution in [0, 0.1) is 11.8 Å². The quantitative estimate of drug-likeness (QED) is 0.790. The summed E-state index contributed by atoms with van der Waals surface area (Å²) in [5, 5.41) is 3.10. The zero-order valence-electron chi connectivity index (χ0n) is 17.1. The molecule has 2 aromatic rings. The van der Waals surface area contributed by atoms with Gasteiger partial charge < -0.3 is 15.0 Å². The normalized spacial score (nSPS) is 20.6. The van der Waals surface area contributed by atoms with Crippen molar-refractivity contribution in [2.24, 2.45) is 11.8 Å². The predicted molar refractivity (Wildman–Crippen MR) is 111 cm³/mol. The van der Waals surface area contributed by atoms with E-state index in [9.17, 15) is 4.79 Å². The Labute approximate surface area is 168 Å². The monoisotopic (exact) mass is 381 g/mol. The molecule has 1 aliphatic rings. The average molecular weight is 382 g/mol. The molecule has 1 amide bonds. The zero-order chi connectivity index (χ0) is 19.9. The molecule has 1 fully saturated rings. The number of amides is 1. The van der Waals surface area contributed by atoms with E-state index in [1.54, 1.807) is 13.2 Å². The molecule has 1 aliphatic carbocycles. The van der Waals surface area contributed by atoms with Crippen molar-refractivity contribution < 1.29 is 9.53 Å². The number of hydrogen-bond acceptors (Lipinski definition) is 4. The van der Waals surface area contributed by atoms with Crippen molar-refractivity contribution in [1.82, 2.24) is 15.2 Å². The molecule has 5 nitrogen and oxygen atoms in total. The van der Waals surface area contributed by atoms with E-state index in [1.807, 2.05) is 30.5 Å². The van der Waals surface area contributed by atoms with Crippen LogP contribution in [0.1, 0.15) is 47.8 Å². The van der Waals surface area contributed by atoms with Crippen LogP contribution in [0.15, 0.2) is 48.7 Å². The Morgan fingerprint density at radius 1 is 1.18 bits per heavy atom. The molecule has 1 saturated carbocycles. The number of aromatic nitrogens is 1. The van der Waals surface area contributed by atoms with Gasteiger partial charge in [-0.05, 0) is 81.9 Å². The van der Waals surface area contributed by atoms with E-state index in [2.05, 4.69) is 41.4 Å². The maximum absolute atomic E-state index is 12.4. The van der Waals surface area contributed by atoms with E-state index in [4.69, 9.17) is 4.74 Å². The first-order valence-corrected chi connectivity index (χ1v) is 10.1. The smallest absolute Gasteiger partial charge is 0.251 e. The third-order valence-corrected chi connectivity index (χ3v) is 5.77. The first-order chi connectivity index (χ1) is 13.6. The van der Waals surface area contributed by atoms with Gasteiger partial charge in [0.05, 0.1) is 18.8 Å². The molecule has 1 aromatic carbocycles. The van der Waals surface area contributed by atoms with E-state index < -0.39 is 0 Å². The molecule has 5 heteroatoms. The number of rotatable bonds is 7. The molecule has 0 saturated heterocycles. The van der Waals surface area contributed by atoms with Crippen molar-refractivity contribution in [2.75, 3.05) is 27.7 Å². The average Bonchev–Trinajstić information content (AvgIpc) is 2.73. The van der Waals surface area contributed by atoms with Crippen LogP contribution in [-0.4, -0.2) is 43.5 Å². The Morgan fingerprint density at radius 3 is 2.61 bits per heavy atom. The summed E-state index contributed by atoms with van der Waals surface area (Å²) >= 11 is 0. The second-order valence-corrected chi connectivity index (χ2v) is 7.89. The summed E-state index contributed by atoms with van der Waals surface area (Å²) in [4.78, 5) is 19.3. The van der Waals surface area contributed by atoms with Crippen LogP contribution in [0.2, 0.25) is 0 Å². The van der Waals surface area contributed by atoms with Crippen molar-refractivity contribution in [3.63, 3.8) is 0 Å². The molecule has 0 radical (unpaired) electrons. The van der Waals surface area contributed by atoms with Gasteiger partial charge in [-0.25, -0.2) is 0 Å². The minimum Gasteiger partial charge on any atom is -0.497 e. The summed E-state index contributed by atoms with van der Waals surface area (Å²) in [6.45, 7) is 0.735. The predicted octanol–water partition coefficient (Wildman–Crippen LogP) is 3.93. The second kappa shape index (κ2) is 9.69. The molecule has 3 rings (SSSR count). The summed E-state index contributed by atoms with van der Waals surface area (Å²) in [6, 6.07) is 13.8. The summed E-state index contributed by atoms with van der Waals surface area (Å²) in [7, 11) is 5.89. The molecule has 150 valence electrons. The van der Waals surface area contributed by atoms with Gasteiger partial charge in [0.2, 0.25) is 0 Å². The lowest BCUT2D eigenvalue weighted by atomic mass is 9.77. The van der Waals surface area contributed by atoms with Gasteiger partial charge in [-0.3, -0.25) is 9.78 Å². The lowest BCUT2D eigenvalue weighted by Crippen LogP contribution is -2.34. The van der Waals surface area contributed by atoms with Crippen molar-refractivity contribution in [3.8, 4) is 5.75 Å². The second-order valence-electron chi connectivity index (χ2n) is 7.89. The SMILES string of the molecule is COc1cccc(C(=O)NCC2CCC([C@H](c3ccccn3)N(C)C)CC2)c1. The molecule has 1 aromatic heterocycles. The molecule has 0 spiro atoms. The fourth-order valence-corrected chi connectivity index (χ4v) is 4.29. The van der Waals surface area contributed by atoms with E-state index in [0.29, 0.717) is 29.2 Å². The van der Waals surface area contributed by atoms with Crippen molar-refractivity contribution >= 4 is 5.91 Å². The molecule has 0 aliphatic heterocycles. The van der Waals surface area contributed by atoms with Gasteiger partial charge in [-0.1, -0.05) is 12.1 Å². The molecular weight excluding hydrogens is 350 g/mol. The maximum Gasteiger partial charge on any atom is 0.251 e. The first-order valence-electron chi connectivity index (χ1n) is 10.1. The van der Waals surface area contributed by atoms with Gasteiger partial charge in [0.1, 0.15) is 5.75 Å². The summed E-state index contributed by atoms with van der Waals surface area (Å²) < 4.78 is 5.20. The van der Waals surface area contributed by atoms with Gasteiger partial charge in [0.15, 0.2) is 0 Å². The van der Waals surface area contributed by atoms with Crippen molar-refractivity contribution in [1.29, 1.82) is 0 Å². The third-order valence-electron chi connectivity index (χ3n) is 5.77.